The first-order valence-corrected chi connectivity index (χ1v) is 11.7. The summed E-state index contributed by atoms with van der Waals surface area (Å²) in [6.45, 7) is 3.46. The van der Waals surface area contributed by atoms with Crippen molar-refractivity contribution < 1.29 is 18.0 Å². The molecule has 5 aromatic rings. The molecule has 184 valence electrons. The number of nitrogens with one attached hydrogen (secondary N) is 1. The van der Waals surface area contributed by atoms with Gasteiger partial charge in [-0.2, -0.15) is 18.3 Å². The molecule has 3 aromatic heterocycles. The minimum Gasteiger partial charge on any atom is -0.315 e. The molecule has 1 N–H and O–H groups in total. The number of hydrogen-bond acceptors (Lipinski definition) is 4. The Morgan fingerprint density at radius 2 is 1.69 bits per heavy atom. The average Bonchev–Trinajstić information content (AvgIpc) is 3.48. The smallest absolute Gasteiger partial charge is 0.315 e. The van der Waals surface area contributed by atoms with Gasteiger partial charge in [0.2, 0.25) is 0 Å². The standard InChI is InChI=1S/C25H20F3N5O2S/c1-14-19-13-20(36-24(19)32(30-14)18-11-7-8-16(12-18)25(26,27)28)22(34)29-21-15(2)31(3)33(23(21)35)17-9-5-4-6-10-17/h4-13H,1-3H3,(H,29,34). The first-order chi connectivity index (χ1) is 17.1. The van der Waals surface area contributed by atoms with E-state index >= 15 is 0 Å². The Morgan fingerprint density at radius 3 is 2.39 bits per heavy atom. The van der Waals surface area contributed by atoms with E-state index in [9.17, 15) is 22.8 Å². The SMILES string of the molecule is Cc1nn(-c2cccc(C(F)(F)F)c2)c2sc(C(=O)Nc3c(C)n(C)n(-c4ccccc4)c3=O)cc12. The number of nitrogens with zero attached hydrogens (tertiary/aromatic N) is 4. The molecule has 3 heterocycles. The van der Waals surface area contributed by atoms with Crippen molar-refractivity contribution in [3.05, 3.63) is 92.8 Å². The van der Waals surface area contributed by atoms with E-state index < -0.39 is 17.6 Å². The third-order valence-electron chi connectivity index (χ3n) is 5.98. The van der Waals surface area contributed by atoms with Crippen LogP contribution in [0.15, 0.2) is 65.5 Å². The van der Waals surface area contributed by atoms with Crippen LogP contribution in [0.3, 0.4) is 0 Å². The molecular formula is C25H20F3N5O2S. The number of rotatable bonds is 4. The van der Waals surface area contributed by atoms with Crippen LogP contribution in [-0.4, -0.2) is 25.1 Å². The van der Waals surface area contributed by atoms with Crippen LogP contribution >= 0.6 is 11.3 Å². The molecule has 7 nitrogen and oxygen atoms in total. The van der Waals surface area contributed by atoms with Gasteiger partial charge in [-0.25, -0.2) is 9.36 Å². The van der Waals surface area contributed by atoms with Crippen molar-refractivity contribution in [3.8, 4) is 11.4 Å². The maximum Gasteiger partial charge on any atom is 0.416 e. The lowest BCUT2D eigenvalue weighted by Crippen LogP contribution is -2.22. The Hall–Kier alpha value is -4.12. The number of anilines is 1. The summed E-state index contributed by atoms with van der Waals surface area (Å²) in [4.78, 5) is 27.1. The second kappa shape index (κ2) is 8.52. The molecule has 1 amide bonds. The summed E-state index contributed by atoms with van der Waals surface area (Å²) in [5.74, 6) is -0.489. The highest BCUT2D eigenvalue weighted by atomic mass is 32.1. The fourth-order valence-electron chi connectivity index (χ4n) is 4.04. The Balaban J connectivity index is 1.51. The molecule has 36 heavy (non-hydrogen) atoms. The van der Waals surface area contributed by atoms with Crippen LogP contribution in [0, 0.1) is 13.8 Å². The van der Waals surface area contributed by atoms with Crippen LogP contribution in [0.1, 0.15) is 26.6 Å². The van der Waals surface area contributed by atoms with Crippen molar-refractivity contribution in [2.45, 2.75) is 20.0 Å². The zero-order valence-electron chi connectivity index (χ0n) is 19.4. The van der Waals surface area contributed by atoms with E-state index in [0.717, 1.165) is 23.5 Å². The van der Waals surface area contributed by atoms with Gasteiger partial charge in [-0.1, -0.05) is 24.3 Å². The van der Waals surface area contributed by atoms with E-state index in [1.165, 1.54) is 21.5 Å². The monoisotopic (exact) mass is 511 g/mol. The van der Waals surface area contributed by atoms with Crippen molar-refractivity contribution in [3.63, 3.8) is 0 Å². The second-order valence-electron chi connectivity index (χ2n) is 8.27. The highest BCUT2D eigenvalue weighted by Gasteiger charge is 2.31. The van der Waals surface area contributed by atoms with Crippen molar-refractivity contribution in [2.24, 2.45) is 7.05 Å². The van der Waals surface area contributed by atoms with E-state index in [-0.39, 0.29) is 16.9 Å². The molecule has 0 fully saturated rings. The molecule has 0 aliphatic heterocycles. The quantitative estimate of drug-likeness (QED) is 0.348. The normalized spacial score (nSPS) is 11.8. The van der Waals surface area contributed by atoms with Gasteiger partial charge in [0.15, 0.2) is 0 Å². The van der Waals surface area contributed by atoms with Gasteiger partial charge < -0.3 is 5.32 Å². The number of hydrogen-bond donors (Lipinski definition) is 1. The van der Waals surface area contributed by atoms with Crippen molar-refractivity contribution >= 4 is 33.1 Å². The first-order valence-electron chi connectivity index (χ1n) is 10.9. The number of para-hydroxylation sites is 1. The first kappa shape index (κ1) is 23.6. The molecule has 0 saturated heterocycles. The molecule has 0 radical (unpaired) electrons. The number of amides is 1. The van der Waals surface area contributed by atoms with Crippen molar-refractivity contribution in [1.29, 1.82) is 0 Å². The molecule has 2 aromatic carbocycles. The highest BCUT2D eigenvalue weighted by molar-refractivity contribution is 7.20. The van der Waals surface area contributed by atoms with Gasteiger partial charge >= 0.3 is 6.18 Å². The minimum atomic E-state index is -4.49. The predicted molar refractivity (Wildman–Crippen MR) is 132 cm³/mol. The summed E-state index contributed by atoms with van der Waals surface area (Å²) >= 11 is 1.09. The molecule has 0 atom stereocenters. The third-order valence-corrected chi connectivity index (χ3v) is 7.09. The van der Waals surface area contributed by atoms with Crippen LogP contribution in [0.4, 0.5) is 18.9 Å². The molecular weight excluding hydrogens is 491 g/mol. The van der Waals surface area contributed by atoms with E-state index in [1.807, 2.05) is 18.2 Å². The van der Waals surface area contributed by atoms with Crippen molar-refractivity contribution in [2.75, 3.05) is 5.32 Å². The third kappa shape index (κ3) is 3.91. The summed E-state index contributed by atoms with van der Waals surface area (Å²) in [5.41, 5.74) is 1.03. The molecule has 5 rings (SSSR count). The maximum absolute atomic E-state index is 13.2. The van der Waals surface area contributed by atoms with Gasteiger partial charge in [-0.3, -0.25) is 14.3 Å². The van der Waals surface area contributed by atoms with Gasteiger partial charge in [0, 0.05) is 12.4 Å². The summed E-state index contributed by atoms with van der Waals surface area (Å²) in [5, 5.41) is 7.75. The summed E-state index contributed by atoms with van der Waals surface area (Å²) in [7, 11) is 1.73. The van der Waals surface area contributed by atoms with Crippen LogP contribution in [-0.2, 0) is 13.2 Å². The predicted octanol–water partition coefficient (Wildman–Crippen LogP) is 5.46. The molecule has 0 aliphatic carbocycles. The number of benzene rings is 2. The summed E-state index contributed by atoms with van der Waals surface area (Å²) in [6.07, 6.45) is -4.49. The Kier molecular flexibility index (Phi) is 5.59. The van der Waals surface area contributed by atoms with Gasteiger partial charge in [0.25, 0.3) is 11.5 Å². The topological polar surface area (TPSA) is 73.8 Å². The molecule has 0 saturated carbocycles. The van der Waals surface area contributed by atoms with Crippen molar-refractivity contribution in [1.82, 2.24) is 19.1 Å². The van der Waals surface area contributed by atoms with Gasteiger partial charge in [0.05, 0.1) is 33.2 Å². The molecule has 0 spiro atoms. The maximum atomic E-state index is 13.2. The lowest BCUT2D eigenvalue weighted by Gasteiger charge is -2.09. The zero-order valence-corrected chi connectivity index (χ0v) is 20.2. The fraction of sp³-hybridized carbons (Fsp3) is 0.160. The fourth-order valence-corrected chi connectivity index (χ4v) is 5.11. The minimum absolute atomic E-state index is 0.153. The second-order valence-corrected chi connectivity index (χ2v) is 9.30. The Labute approximate surface area is 207 Å². The Bertz CT molecular complexity index is 1680. The number of halogens is 3. The lowest BCUT2D eigenvalue weighted by atomic mass is 10.2. The number of carbonyl (C=O) groups excluding carboxylic acids is 1. The van der Waals surface area contributed by atoms with Gasteiger partial charge in [0.1, 0.15) is 10.5 Å². The summed E-state index contributed by atoms with van der Waals surface area (Å²) < 4.78 is 44.2. The van der Waals surface area contributed by atoms with E-state index in [1.54, 1.807) is 43.8 Å². The number of aromatic nitrogens is 4. The molecule has 0 unspecified atom stereocenters. The number of fused-ring (bicyclic) bond motifs is 1. The largest absolute Gasteiger partial charge is 0.416 e. The van der Waals surface area contributed by atoms with E-state index in [0.29, 0.717) is 32.2 Å². The van der Waals surface area contributed by atoms with Crippen LogP contribution in [0.5, 0.6) is 0 Å². The van der Waals surface area contributed by atoms with Gasteiger partial charge in [-0.05, 0) is 50.2 Å². The number of thiophene rings is 1. The number of carbonyl (C=O) groups is 1. The Morgan fingerprint density at radius 1 is 1.00 bits per heavy atom. The molecule has 0 bridgehead atoms. The average molecular weight is 512 g/mol. The van der Waals surface area contributed by atoms with E-state index in [2.05, 4.69) is 10.4 Å². The lowest BCUT2D eigenvalue weighted by molar-refractivity contribution is -0.137. The highest BCUT2D eigenvalue weighted by Crippen LogP contribution is 2.34. The zero-order chi connectivity index (χ0) is 25.8. The number of aryl methyl sites for hydroxylation is 1. The number of alkyl halides is 3. The van der Waals surface area contributed by atoms with Crippen LogP contribution < -0.4 is 10.9 Å². The van der Waals surface area contributed by atoms with E-state index in [4.69, 9.17) is 0 Å². The summed E-state index contributed by atoms with van der Waals surface area (Å²) in [6, 6.07) is 15.6. The van der Waals surface area contributed by atoms with Crippen LogP contribution in [0.25, 0.3) is 21.6 Å². The van der Waals surface area contributed by atoms with Gasteiger partial charge in [-0.15, -0.1) is 11.3 Å². The molecule has 11 heteroatoms. The van der Waals surface area contributed by atoms with Crippen LogP contribution in [0.2, 0.25) is 0 Å². The molecule has 0 aliphatic rings.